The molecule has 4 nitrogen and oxygen atoms in total. The number of carbonyl (C=O) groups is 1. The molecule has 5 heteroatoms. The molecule has 1 unspecified atom stereocenters. The van der Waals surface area contributed by atoms with Crippen molar-refractivity contribution in [3.63, 3.8) is 0 Å². The van der Waals surface area contributed by atoms with Gasteiger partial charge in [-0.25, -0.2) is 4.39 Å². The molecule has 0 aliphatic carbocycles. The molecular formula is C16H23FN2O2. The van der Waals surface area contributed by atoms with Crippen LogP contribution in [-0.2, 0) is 4.79 Å². The van der Waals surface area contributed by atoms with Gasteiger partial charge in [-0.3, -0.25) is 4.79 Å². The molecule has 1 heterocycles. The van der Waals surface area contributed by atoms with E-state index >= 15 is 0 Å². The van der Waals surface area contributed by atoms with Crippen molar-refractivity contribution < 1.29 is 14.3 Å². The van der Waals surface area contributed by atoms with Gasteiger partial charge in [-0.15, -0.1) is 0 Å². The van der Waals surface area contributed by atoms with E-state index in [0.717, 1.165) is 12.1 Å². The summed E-state index contributed by atoms with van der Waals surface area (Å²) in [7, 11) is 1.64. The van der Waals surface area contributed by atoms with Gasteiger partial charge in [-0.05, 0) is 44.9 Å². The zero-order chi connectivity index (χ0) is 15.8. The van der Waals surface area contributed by atoms with Gasteiger partial charge in [0.05, 0.1) is 11.5 Å². The quantitative estimate of drug-likeness (QED) is 0.898. The van der Waals surface area contributed by atoms with Gasteiger partial charge >= 0.3 is 0 Å². The fraction of sp³-hybridized carbons (Fsp3) is 0.562. The molecule has 116 valence electrons. The van der Waals surface area contributed by atoms with Crippen LogP contribution in [0.3, 0.4) is 0 Å². The smallest absolute Gasteiger partial charge is 0.227 e. The monoisotopic (exact) mass is 294 g/mol. The van der Waals surface area contributed by atoms with Gasteiger partial charge in [0.1, 0.15) is 5.82 Å². The molecule has 1 aromatic rings. The maximum absolute atomic E-state index is 13.7. The number of rotatable bonds is 3. The van der Waals surface area contributed by atoms with E-state index in [2.05, 4.69) is 10.2 Å². The Bertz CT molecular complexity index is 559. The number of aliphatic hydroxyl groups excluding tert-OH is 1. The highest BCUT2D eigenvalue weighted by atomic mass is 19.1. The van der Waals surface area contributed by atoms with Crippen molar-refractivity contribution in [3.8, 4) is 0 Å². The average molecular weight is 294 g/mol. The van der Waals surface area contributed by atoms with Crippen LogP contribution in [0.2, 0.25) is 0 Å². The minimum absolute atomic E-state index is 0.0161. The summed E-state index contributed by atoms with van der Waals surface area (Å²) in [5.74, 6) is -0.301. The third-order valence-electron chi connectivity index (χ3n) is 4.35. The highest BCUT2D eigenvalue weighted by molar-refractivity contribution is 5.83. The van der Waals surface area contributed by atoms with Crippen molar-refractivity contribution in [1.29, 1.82) is 0 Å². The van der Waals surface area contributed by atoms with Crippen LogP contribution in [0.25, 0.3) is 0 Å². The van der Waals surface area contributed by atoms with Gasteiger partial charge in [0.15, 0.2) is 0 Å². The number of nitrogens with one attached hydrogen (secondary N) is 1. The molecule has 2 atom stereocenters. The Morgan fingerprint density at radius 3 is 2.76 bits per heavy atom. The van der Waals surface area contributed by atoms with Crippen molar-refractivity contribution in [2.24, 2.45) is 5.41 Å². The summed E-state index contributed by atoms with van der Waals surface area (Å²) in [6.07, 6.45) is -0.00975. The van der Waals surface area contributed by atoms with Crippen LogP contribution in [0.15, 0.2) is 12.1 Å². The number of halogens is 1. The second kappa shape index (κ2) is 5.64. The molecule has 0 bridgehead atoms. The van der Waals surface area contributed by atoms with Crippen molar-refractivity contribution in [3.05, 3.63) is 29.1 Å². The van der Waals surface area contributed by atoms with E-state index in [1.807, 2.05) is 6.92 Å². The normalized spacial score (nSPS) is 23.2. The molecule has 1 aliphatic rings. The zero-order valence-electron chi connectivity index (χ0n) is 13.0. The summed E-state index contributed by atoms with van der Waals surface area (Å²) in [6.45, 7) is 6.55. The standard InChI is InChI=1S/C16H23FN2O2/c1-10-7-14(12(11(2)20)8-13(10)17)19-6-5-16(3,9-19)15(21)18-4/h7-8,11,20H,5-6,9H2,1-4H3,(H,18,21)/t11-,16?/m1/s1. The predicted molar refractivity (Wildman–Crippen MR) is 80.8 cm³/mol. The third kappa shape index (κ3) is 2.88. The largest absolute Gasteiger partial charge is 0.389 e. The molecule has 1 saturated heterocycles. The van der Waals surface area contributed by atoms with Gasteiger partial charge < -0.3 is 15.3 Å². The molecule has 2 N–H and O–H groups in total. The van der Waals surface area contributed by atoms with E-state index < -0.39 is 11.5 Å². The SMILES string of the molecule is CNC(=O)C1(C)CCN(c2cc(C)c(F)cc2[C@@H](C)O)C1. The first-order valence-corrected chi connectivity index (χ1v) is 7.24. The molecule has 1 aliphatic heterocycles. The van der Waals surface area contributed by atoms with Gasteiger partial charge in [-0.1, -0.05) is 0 Å². The highest BCUT2D eigenvalue weighted by Crippen LogP contribution is 2.37. The first-order chi connectivity index (χ1) is 9.78. The molecular weight excluding hydrogens is 271 g/mol. The van der Waals surface area contributed by atoms with Crippen molar-refractivity contribution in [2.75, 3.05) is 25.0 Å². The summed E-state index contributed by atoms with van der Waals surface area (Å²) < 4.78 is 13.7. The van der Waals surface area contributed by atoms with Gasteiger partial charge in [0.25, 0.3) is 0 Å². The minimum atomic E-state index is -0.748. The lowest BCUT2D eigenvalue weighted by Gasteiger charge is -2.26. The number of amides is 1. The maximum Gasteiger partial charge on any atom is 0.227 e. The van der Waals surface area contributed by atoms with Crippen LogP contribution in [-0.4, -0.2) is 31.2 Å². The summed E-state index contributed by atoms with van der Waals surface area (Å²) in [5, 5.41) is 12.6. The minimum Gasteiger partial charge on any atom is -0.389 e. The molecule has 21 heavy (non-hydrogen) atoms. The Hall–Kier alpha value is -1.62. The lowest BCUT2D eigenvalue weighted by atomic mass is 9.89. The van der Waals surface area contributed by atoms with Crippen LogP contribution in [0, 0.1) is 18.2 Å². The average Bonchev–Trinajstić information content (AvgIpc) is 2.84. The fourth-order valence-electron chi connectivity index (χ4n) is 2.94. The molecule has 0 spiro atoms. The van der Waals surface area contributed by atoms with Gasteiger partial charge in [-0.2, -0.15) is 0 Å². The second-order valence-electron chi connectivity index (χ2n) is 6.15. The number of aliphatic hydroxyl groups is 1. The molecule has 0 saturated carbocycles. The number of anilines is 1. The van der Waals surface area contributed by atoms with Crippen molar-refractivity contribution >= 4 is 11.6 Å². The topological polar surface area (TPSA) is 52.6 Å². The molecule has 2 rings (SSSR count). The Kier molecular flexibility index (Phi) is 4.23. The molecule has 1 fully saturated rings. The zero-order valence-corrected chi connectivity index (χ0v) is 13.0. The fourth-order valence-corrected chi connectivity index (χ4v) is 2.94. The Morgan fingerprint density at radius 2 is 2.19 bits per heavy atom. The van der Waals surface area contributed by atoms with Gasteiger partial charge in [0, 0.05) is 31.4 Å². The van der Waals surface area contributed by atoms with E-state index in [4.69, 9.17) is 0 Å². The molecule has 1 aromatic carbocycles. The van der Waals surface area contributed by atoms with Crippen LogP contribution >= 0.6 is 0 Å². The lowest BCUT2D eigenvalue weighted by Crippen LogP contribution is -2.39. The summed E-state index contributed by atoms with van der Waals surface area (Å²) >= 11 is 0. The molecule has 0 radical (unpaired) electrons. The van der Waals surface area contributed by atoms with E-state index in [-0.39, 0.29) is 11.7 Å². The number of carbonyl (C=O) groups excluding carboxylic acids is 1. The van der Waals surface area contributed by atoms with Gasteiger partial charge in [0.2, 0.25) is 5.91 Å². The number of hydrogen-bond donors (Lipinski definition) is 2. The van der Waals surface area contributed by atoms with Crippen LogP contribution in [0.4, 0.5) is 10.1 Å². The first-order valence-electron chi connectivity index (χ1n) is 7.24. The first kappa shape index (κ1) is 15.8. The summed E-state index contributed by atoms with van der Waals surface area (Å²) in [4.78, 5) is 14.1. The number of hydrogen-bond acceptors (Lipinski definition) is 3. The predicted octanol–water partition coefficient (Wildman–Crippen LogP) is 2.15. The number of nitrogens with zero attached hydrogens (tertiary/aromatic N) is 1. The maximum atomic E-state index is 13.7. The Labute approximate surface area is 125 Å². The van der Waals surface area contributed by atoms with Crippen LogP contribution < -0.4 is 10.2 Å². The van der Waals surface area contributed by atoms with Crippen molar-refractivity contribution in [2.45, 2.75) is 33.3 Å². The number of benzene rings is 1. The van der Waals surface area contributed by atoms with E-state index in [1.165, 1.54) is 6.07 Å². The molecule has 1 amide bonds. The van der Waals surface area contributed by atoms with E-state index in [9.17, 15) is 14.3 Å². The lowest BCUT2D eigenvalue weighted by molar-refractivity contribution is -0.128. The van der Waals surface area contributed by atoms with Crippen molar-refractivity contribution in [1.82, 2.24) is 5.32 Å². The van der Waals surface area contributed by atoms with Crippen LogP contribution in [0.5, 0.6) is 0 Å². The third-order valence-corrected chi connectivity index (χ3v) is 4.35. The van der Waals surface area contributed by atoms with E-state index in [0.29, 0.717) is 24.2 Å². The number of aryl methyl sites for hydroxylation is 1. The Morgan fingerprint density at radius 1 is 1.52 bits per heavy atom. The highest BCUT2D eigenvalue weighted by Gasteiger charge is 2.40. The van der Waals surface area contributed by atoms with E-state index in [1.54, 1.807) is 27.0 Å². The summed E-state index contributed by atoms with van der Waals surface area (Å²) in [6, 6.07) is 3.15. The second-order valence-corrected chi connectivity index (χ2v) is 6.15. The van der Waals surface area contributed by atoms with Crippen LogP contribution in [0.1, 0.15) is 37.5 Å². The Balaban J connectivity index is 2.36. The summed E-state index contributed by atoms with van der Waals surface area (Å²) in [5.41, 5.74) is 1.48. The molecule has 0 aromatic heterocycles.